The van der Waals surface area contributed by atoms with Gasteiger partial charge in [-0.25, -0.2) is 4.79 Å². The van der Waals surface area contributed by atoms with E-state index in [4.69, 9.17) is 9.47 Å². The third-order valence-corrected chi connectivity index (χ3v) is 9.68. The summed E-state index contributed by atoms with van der Waals surface area (Å²) in [7, 11) is 0. The number of carbonyl (C=O) groups excluding carboxylic acids is 3. The van der Waals surface area contributed by atoms with Crippen LogP contribution in [-0.2, 0) is 35.0 Å². The van der Waals surface area contributed by atoms with Gasteiger partial charge in [0.25, 0.3) is 0 Å². The minimum atomic E-state index is -0.915. The molecule has 0 aromatic heterocycles. The molecule has 0 radical (unpaired) electrons. The number of nitrogens with one attached hydrogen (secondary N) is 1. The molecule has 4 aromatic carbocycles. The summed E-state index contributed by atoms with van der Waals surface area (Å²) in [6, 6.07) is 40.0. The van der Waals surface area contributed by atoms with Gasteiger partial charge in [-0.3, -0.25) is 9.59 Å². The Bertz CT molecular complexity index is 1550. The molecular formula is C43H51NO5S. The first-order valence-corrected chi connectivity index (χ1v) is 18.3. The molecule has 0 saturated carbocycles. The third kappa shape index (κ3) is 11.3. The fourth-order valence-corrected chi connectivity index (χ4v) is 7.46. The maximum absolute atomic E-state index is 14.0. The summed E-state index contributed by atoms with van der Waals surface area (Å²) in [6.07, 6.45) is 1.25. The molecular weight excluding hydrogens is 643 g/mol. The van der Waals surface area contributed by atoms with Crippen molar-refractivity contribution in [3.05, 3.63) is 144 Å². The summed E-state index contributed by atoms with van der Waals surface area (Å²) in [5.41, 5.74) is 2.95. The van der Waals surface area contributed by atoms with Crippen molar-refractivity contribution in [2.45, 2.75) is 89.2 Å². The summed E-state index contributed by atoms with van der Waals surface area (Å²) in [5, 5.41) is 2.96. The van der Waals surface area contributed by atoms with Crippen molar-refractivity contribution in [3.63, 3.8) is 0 Å². The number of benzene rings is 4. The van der Waals surface area contributed by atoms with Crippen LogP contribution in [0.1, 0.15) is 83.1 Å². The first kappa shape index (κ1) is 38.4. The fraction of sp³-hybridized carbons (Fsp3) is 0.372. The van der Waals surface area contributed by atoms with Crippen LogP contribution in [0.2, 0.25) is 0 Å². The number of rotatable bonds is 15. The summed E-state index contributed by atoms with van der Waals surface area (Å²) in [5.74, 6) is -1.33. The molecule has 0 spiro atoms. The Labute approximate surface area is 302 Å². The van der Waals surface area contributed by atoms with Gasteiger partial charge in [-0.1, -0.05) is 121 Å². The van der Waals surface area contributed by atoms with Crippen LogP contribution in [0.15, 0.2) is 121 Å². The molecule has 264 valence electrons. The molecule has 1 N–H and O–H groups in total. The highest BCUT2D eigenvalue weighted by atomic mass is 32.2. The molecule has 0 aliphatic heterocycles. The second-order valence-corrected chi connectivity index (χ2v) is 15.9. The molecule has 2 unspecified atom stereocenters. The normalized spacial score (nSPS) is 13.2. The second kappa shape index (κ2) is 17.5. The van der Waals surface area contributed by atoms with Gasteiger partial charge >= 0.3 is 11.9 Å². The molecule has 0 aliphatic rings. The van der Waals surface area contributed by atoms with Crippen LogP contribution in [0, 0.1) is 5.92 Å². The molecule has 0 aliphatic carbocycles. The number of thioether (sulfide) groups is 1. The standard InChI is InChI=1S/C43H51NO5S/c1-41(2,3)48-38(45)31-33(39(46)44-37(40(47)49-42(4,5)6)30-32-20-11-7-12-21-32)22-19-29-50-43(34-23-13-8-14-24-34,35-25-15-9-16-26-35)36-27-17-10-18-28-36/h7-18,20-21,23-28,33,37H,19,22,29-31H2,1-6H3,(H,44,46). The molecule has 0 bridgehead atoms. The molecule has 0 fully saturated rings. The quantitative estimate of drug-likeness (QED) is 0.0761. The smallest absolute Gasteiger partial charge is 0.329 e. The number of amides is 1. The van der Waals surface area contributed by atoms with Crippen LogP contribution in [0.25, 0.3) is 0 Å². The monoisotopic (exact) mass is 693 g/mol. The van der Waals surface area contributed by atoms with Crippen LogP contribution in [-0.4, -0.2) is 40.8 Å². The first-order chi connectivity index (χ1) is 23.8. The van der Waals surface area contributed by atoms with E-state index < -0.39 is 39.8 Å². The van der Waals surface area contributed by atoms with Crippen LogP contribution in [0.5, 0.6) is 0 Å². The number of ether oxygens (including phenoxy) is 2. The predicted molar refractivity (Wildman–Crippen MR) is 203 cm³/mol. The third-order valence-electron chi connectivity index (χ3n) is 8.05. The lowest BCUT2D eigenvalue weighted by Crippen LogP contribution is -2.48. The lowest BCUT2D eigenvalue weighted by molar-refractivity contribution is -0.159. The average molecular weight is 694 g/mol. The molecule has 1 amide bonds. The topological polar surface area (TPSA) is 81.7 Å². The van der Waals surface area contributed by atoms with E-state index in [1.807, 2.05) is 81.1 Å². The van der Waals surface area contributed by atoms with Crippen molar-refractivity contribution in [1.29, 1.82) is 0 Å². The van der Waals surface area contributed by atoms with E-state index in [1.54, 1.807) is 20.8 Å². The van der Waals surface area contributed by atoms with Gasteiger partial charge in [0.1, 0.15) is 17.2 Å². The Balaban J connectivity index is 1.59. The zero-order chi connectivity index (χ0) is 36.2. The molecule has 50 heavy (non-hydrogen) atoms. The first-order valence-electron chi connectivity index (χ1n) is 17.4. The lowest BCUT2D eigenvalue weighted by Gasteiger charge is -2.35. The van der Waals surface area contributed by atoms with Crippen LogP contribution in [0.3, 0.4) is 0 Å². The van der Waals surface area contributed by atoms with E-state index in [9.17, 15) is 14.4 Å². The number of hydrogen-bond donors (Lipinski definition) is 1. The van der Waals surface area contributed by atoms with Crippen molar-refractivity contribution >= 4 is 29.6 Å². The summed E-state index contributed by atoms with van der Waals surface area (Å²) < 4.78 is 10.9. The highest BCUT2D eigenvalue weighted by Gasteiger charge is 2.37. The van der Waals surface area contributed by atoms with Gasteiger partial charge < -0.3 is 14.8 Å². The van der Waals surface area contributed by atoms with Crippen LogP contribution in [0.4, 0.5) is 0 Å². The minimum Gasteiger partial charge on any atom is -0.460 e. The Morgan fingerprint density at radius 1 is 0.640 bits per heavy atom. The molecule has 4 aromatic rings. The number of carbonyl (C=O) groups is 3. The predicted octanol–water partition coefficient (Wildman–Crippen LogP) is 8.91. The van der Waals surface area contributed by atoms with E-state index in [0.717, 1.165) is 22.3 Å². The maximum Gasteiger partial charge on any atom is 0.329 e. The van der Waals surface area contributed by atoms with Gasteiger partial charge in [0.15, 0.2) is 0 Å². The number of hydrogen-bond acceptors (Lipinski definition) is 6. The van der Waals surface area contributed by atoms with Gasteiger partial charge in [-0.15, -0.1) is 11.8 Å². The second-order valence-electron chi connectivity index (χ2n) is 14.5. The maximum atomic E-state index is 14.0. The molecule has 6 nitrogen and oxygen atoms in total. The van der Waals surface area contributed by atoms with E-state index in [0.29, 0.717) is 18.6 Å². The Hall–Kier alpha value is -4.36. The Kier molecular flexibility index (Phi) is 13.5. The molecule has 7 heteroatoms. The summed E-state index contributed by atoms with van der Waals surface area (Å²) in [4.78, 5) is 40.5. The summed E-state index contributed by atoms with van der Waals surface area (Å²) in [6.45, 7) is 10.8. The SMILES string of the molecule is CC(C)(C)OC(=O)CC(CCCSC(c1ccccc1)(c1ccccc1)c1ccccc1)C(=O)NC(Cc1ccccc1)C(=O)OC(C)(C)C. The van der Waals surface area contributed by atoms with Gasteiger partial charge in [-0.2, -0.15) is 0 Å². The largest absolute Gasteiger partial charge is 0.460 e. The van der Waals surface area contributed by atoms with Crippen molar-refractivity contribution in [2.75, 3.05) is 5.75 Å². The fourth-order valence-electron chi connectivity index (χ4n) is 5.94. The van der Waals surface area contributed by atoms with Crippen molar-refractivity contribution in [2.24, 2.45) is 5.92 Å². The highest BCUT2D eigenvalue weighted by Crippen LogP contribution is 2.48. The van der Waals surface area contributed by atoms with Gasteiger partial charge in [0.05, 0.1) is 11.2 Å². The highest BCUT2D eigenvalue weighted by molar-refractivity contribution is 8.00. The van der Waals surface area contributed by atoms with Gasteiger partial charge in [-0.05, 0) is 82.4 Å². The van der Waals surface area contributed by atoms with E-state index in [2.05, 4.69) is 78.1 Å². The van der Waals surface area contributed by atoms with Crippen molar-refractivity contribution < 1.29 is 23.9 Å². The van der Waals surface area contributed by atoms with Crippen LogP contribution >= 0.6 is 11.8 Å². The Morgan fingerprint density at radius 3 is 1.52 bits per heavy atom. The van der Waals surface area contributed by atoms with Crippen molar-refractivity contribution in [3.8, 4) is 0 Å². The van der Waals surface area contributed by atoms with E-state index in [1.165, 1.54) is 0 Å². The molecule has 2 atom stereocenters. The summed E-state index contributed by atoms with van der Waals surface area (Å²) >= 11 is 1.82. The molecule has 0 heterocycles. The minimum absolute atomic E-state index is 0.0959. The Morgan fingerprint density at radius 2 is 1.08 bits per heavy atom. The molecule has 4 rings (SSSR count). The van der Waals surface area contributed by atoms with Gasteiger partial charge in [0.2, 0.25) is 5.91 Å². The van der Waals surface area contributed by atoms with E-state index in [-0.39, 0.29) is 18.7 Å². The van der Waals surface area contributed by atoms with Crippen molar-refractivity contribution in [1.82, 2.24) is 5.32 Å². The lowest BCUT2D eigenvalue weighted by atomic mass is 9.84. The zero-order valence-electron chi connectivity index (χ0n) is 30.2. The molecule has 0 saturated heterocycles. The van der Waals surface area contributed by atoms with Crippen LogP contribution < -0.4 is 5.32 Å². The van der Waals surface area contributed by atoms with Gasteiger partial charge in [0, 0.05) is 12.3 Å². The van der Waals surface area contributed by atoms with E-state index >= 15 is 0 Å². The number of esters is 2. The average Bonchev–Trinajstić information content (AvgIpc) is 3.07. The zero-order valence-corrected chi connectivity index (χ0v) is 31.0.